The Labute approximate surface area is 190 Å². The lowest BCUT2D eigenvalue weighted by molar-refractivity contribution is 0.0771. The molecule has 1 aromatic heterocycles. The van der Waals surface area contributed by atoms with Crippen molar-refractivity contribution in [2.45, 2.75) is 26.2 Å². The molecule has 0 bridgehead atoms. The van der Waals surface area contributed by atoms with E-state index >= 15 is 0 Å². The van der Waals surface area contributed by atoms with Crippen LogP contribution in [0.5, 0.6) is 5.75 Å². The molecule has 4 rings (SSSR count). The van der Waals surface area contributed by atoms with Crippen LogP contribution in [0.2, 0.25) is 0 Å². The number of carbonyl (C=O) groups excluding carboxylic acids is 1. The largest absolute Gasteiger partial charge is 0.462 e. The fraction of sp³-hybridized carbons (Fsp3) is 0.385. The van der Waals surface area contributed by atoms with Gasteiger partial charge in [0.25, 0.3) is 5.91 Å². The van der Waals surface area contributed by atoms with Gasteiger partial charge in [-0.15, -0.1) is 0 Å². The molecule has 0 unspecified atom stereocenters. The number of amides is 1. The maximum atomic E-state index is 13.2. The predicted octanol–water partition coefficient (Wildman–Crippen LogP) is 4.28. The summed E-state index contributed by atoms with van der Waals surface area (Å²) in [6.45, 7) is 5.99. The van der Waals surface area contributed by atoms with E-state index in [0.717, 1.165) is 55.9 Å². The summed E-state index contributed by atoms with van der Waals surface area (Å²) in [6, 6.07) is 11.8. The molecule has 0 spiro atoms. The van der Waals surface area contributed by atoms with Gasteiger partial charge in [-0.05, 0) is 68.1 Å². The highest BCUT2D eigenvalue weighted by Crippen LogP contribution is 2.28. The summed E-state index contributed by atoms with van der Waals surface area (Å²) in [5.41, 5.74) is 4.84. The van der Waals surface area contributed by atoms with Gasteiger partial charge in [-0.3, -0.25) is 14.7 Å². The summed E-state index contributed by atoms with van der Waals surface area (Å²) in [4.78, 5) is 22.0. The minimum atomic E-state index is -0.0262. The maximum absolute atomic E-state index is 13.2. The van der Waals surface area contributed by atoms with Crippen LogP contribution in [-0.4, -0.2) is 60.6 Å². The Hall–Kier alpha value is -2.96. The number of pyridine rings is 1. The van der Waals surface area contributed by atoms with Crippen molar-refractivity contribution in [1.82, 2.24) is 14.8 Å². The Balaban J connectivity index is 1.32. The van der Waals surface area contributed by atoms with Crippen molar-refractivity contribution < 1.29 is 14.3 Å². The van der Waals surface area contributed by atoms with Crippen molar-refractivity contribution in [3.8, 4) is 5.75 Å². The molecule has 0 aliphatic carbocycles. The fourth-order valence-electron chi connectivity index (χ4n) is 4.18. The van der Waals surface area contributed by atoms with Crippen molar-refractivity contribution in [1.29, 1.82) is 0 Å². The van der Waals surface area contributed by atoms with Gasteiger partial charge in [0.15, 0.2) is 0 Å². The minimum Gasteiger partial charge on any atom is -0.462 e. The first-order valence-corrected chi connectivity index (χ1v) is 11.3. The number of unbranched alkanes of at least 4 members (excludes halogenated alkanes) is 1. The molecule has 0 radical (unpaired) electrons. The van der Waals surface area contributed by atoms with Gasteiger partial charge in [-0.25, -0.2) is 0 Å². The number of carbonyl (C=O) groups is 1. The SMILES string of the molecule is COCC1=COc2cc(C)ccc2C(=O)N1CCCCN1CC=C(c2ccccn2)CC1. The minimum absolute atomic E-state index is 0.0262. The molecule has 0 atom stereocenters. The van der Waals surface area contributed by atoms with E-state index in [2.05, 4.69) is 22.0 Å². The lowest BCUT2D eigenvalue weighted by atomic mass is 10.0. The molecule has 6 nitrogen and oxygen atoms in total. The first kappa shape index (κ1) is 22.2. The molecule has 0 saturated carbocycles. The van der Waals surface area contributed by atoms with E-state index in [0.29, 0.717) is 24.5 Å². The van der Waals surface area contributed by atoms with Gasteiger partial charge < -0.3 is 14.4 Å². The Bertz CT molecular complexity index is 1000. The van der Waals surface area contributed by atoms with Gasteiger partial charge in [-0.2, -0.15) is 0 Å². The van der Waals surface area contributed by atoms with E-state index in [4.69, 9.17) is 9.47 Å². The molecule has 1 amide bonds. The molecule has 3 heterocycles. The van der Waals surface area contributed by atoms with Crippen molar-refractivity contribution >= 4 is 11.5 Å². The Kier molecular flexibility index (Phi) is 7.35. The summed E-state index contributed by atoms with van der Waals surface area (Å²) >= 11 is 0. The highest BCUT2D eigenvalue weighted by Gasteiger charge is 2.26. The molecule has 1 aromatic carbocycles. The number of ether oxygens (including phenoxy) is 2. The number of fused-ring (bicyclic) bond motifs is 1. The molecule has 32 heavy (non-hydrogen) atoms. The second-order valence-electron chi connectivity index (χ2n) is 8.32. The van der Waals surface area contributed by atoms with Crippen molar-refractivity contribution in [2.24, 2.45) is 0 Å². The molecule has 2 aromatic rings. The average Bonchev–Trinajstić information content (AvgIpc) is 2.94. The van der Waals surface area contributed by atoms with Gasteiger partial charge >= 0.3 is 0 Å². The fourth-order valence-corrected chi connectivity index (χ4v) is 4.18. The highest BCUT2D eigenvalue weighted by molar-refractivity contribution is 5.98. The molecule has 0 N–H and O–H groups in total. The zero-order chi connectivity index (χ0) is 22.3. The van der Waals surface area contributed by atoms with Crippen LogP contribution in [-0.2, 0) is 4.74 Å². The van der Waals surface area contributed by atoms with E-state index in [9.17, 15) is 4.79 Å². The number of hydrogen-bond acceptors (Lipinski definition) is 5. The number of nitrogens with zero attached hydrogens (tertiary/aromatic N) is 3. The number of rotatable bonds is 8. The molecule has 0 fully saturated rings. The topological polar surface area (TPSA) is 54.9 Å². The van der Waals surface area contributed by atoms with Gasteiger partial charge in [0.1, 0.15) is 12.0 Å². The van der Waals surface area contributed by atoms with E-state index in [1.165, 1.54) is 5.57 Å². The quantitative estimate of drug-likeness (QED) is 0.582. The molecule has 168 valence electrons. The Morgan fingerprint density at radius 3 is 2.78 bits per heavy atom. The summed E-state index contributed by atoms with van der Waals surface area (Å²) < 4.78 is 11.1. The van der Waals surface area contributed by atoms with Crippen LogP contribution < -0.4 is 4.74 Å². The highest BCUT2D eigenvalue weighted by atomic mass is 16.5. The lowest BCUT2D eigenvalue weighted by Gasteiger charge is -2.27. The normalized spacial score (nSPS) is 16.7. The van der Waals surface area contributed by atoms with Crippen molar-refractivity contribution in [3.63, 3.8) is 0 Å². The van der Waals surface area contributed by atoms with E-state index < -0.39 is 0 Å². The first-order valence-electron chi connectivity index (χ1n) is 11.3. The summed E-state index contributed by atoms with van der Waals surface area (Å²) in [7, 11) is 1.63. The molecular formula is C26H31N3O3. The molecule has 2 aliphatic heterocycles. The Morgan fingerprint density at radius 2 is 2.03 bits per heavy atom. The number of hydrogen-bond donors (Lipinski definition) is 0. The second kappa shape index (κ2) is 10.6. The number of methoxy groups -OCH3 is 1. The van der Waals surface area contributed by atoms with Crippen LogP contribution in [0.1, 0.15) is 40.9 Å². The predicted molar refractivity (Wildman–Crippen MR) is 125 cm³/mol. The van der Waals surface area contributed by atoms with E-state index in [-0.39, 0.29) is 5.91 Å². The van der Waals surface area contributed by atoms with Gasteiger partial charge in [0.05, 0.1) is 23.6 Å². The van der Waals surface area contributed by atoms with Gasteiger partial charge in [0, 0.05) is 32.9 Å². The van der Waals surface area contributed by atoms with Crippen LogP contribution in [0.25, 0.3) is 5.57 Å². The van der Waals surface area contributed by atoms with Gasteiger partial charge in [0.2, 0.25) is 0 Å². The smallest absolute Gasteiger partial charge is 0.261 e. The molecular weight excluding hydrogens is 402 g/mol. The van der Waals surface area contributed by atoms with Crippen LogP contribution >= 0.6 is 0 Å². The third kappa shape index (κ3) is 5.26. The first-order chi connectivity index (χ1) is 15.7. The third-order valence-electron chi connectivity index (χ3n) is 5.97. The standard InChI is InChI=1S/C26H31N3O3/c1-20-8-9-23-25(17-20)32-19-22(18-31-2)29(26(23)30)14-6-5-13-28-15-10-21(11-16-28)24-7-3-4-12-27-24/h3-4,7-10,12,17,19H,5-6,11,13-16,18H2,1-2H3. The molecule has 6 heteroatoms. The second-order valence-corrected chi connectivity index (χ2v) is 8.32. The monoisotopic (exact) mass is 433 g/mol. The zero-order valence-electron chi connectivity index (χ0n) is 18.9. The number of aryl methyl sites for hydroxylation is 1. The molecule has 2 aliphatic rings. The van der Waals surface area contributed by atoms with Crippen molar-refractivity contribution in [3.05, 3.63) is 77.5 Å². The number of benzene rings is 1. The number of aromatic nitrogens is 1. The van der Waals surface area contributed by atoms with Crippen LogP contribution in [0.4, 0.5) is 0 Å². The summed E-state index contributed by atoms with van der Waals surface area (Å²) in [5.74, 6) is 0.580. The van der Waals surface area contributed by atoms with Crippen LogP contribution in [0.15, 0.2) is 60.6 Å². The summed E-state index contributed by atoms with van der Waals surface area (Å²) in [6.07, 6.45) is 8.76. The van der Waals surface area contributed by atoms with Gasteiger partial charge in [-0.1, -0.05) is 18.2 Å². The van der Waals surface area contributed by atoms with E-state index in [1.807, 2.05) is 43.5 Å². The van der Waals surface area contributed by atoms with Crippen molar-refractivity contribution in [2.75, 3.05) is 39.9 Å². The Morgan fingerprint density at radius 1 is 1.16 bits per heavy atom. The van der Waals surface area contributed by atoms with Crippen LogP contribution in [0, 0.1) is 6.92 Å². The maximum Gasteiger partial charge on any atom is 0.261 e. The molecule has 0 saturated heterocycles. The zero-order valence-corrected chi connectivity index (χ0v) is 18.9. The van der Waals surface area contributed by atoms with Crippen LogP contribution in [0.3, 0.4) is 0 Å². The summed E-state index contributed by atoms with van der Waals surface area (Å²) in [5, 5.41) is 0. The average molecular weight is 434 g/mol. The van der Waals surface area contributed by atoms with E-state index in [1.54, 1.807) is 18.3 Å². The lowest BCUT2D eigenvalue weighted by Crippen LogP contribution is -2.33. The third-order valence-corrected chi connectivity index (χ3v) is 5.97.